The molecule has 0 saturated carbocycles. The molecule has 3 heteroatoms. The molecule has 0 unspecified atom stereocenters. The first-order valence-electron chi connectivity index (χ1n) is 5.66. The number of methoxy groups -OCH3 is 1. The Morgan fingerprint density at radius 3 is 2.81 bits per heavy atom. The minimum Gasteiger partial charge on any atom is -0.496 e. The van der Waals surface area contributed by atoms with Crippen LogP contribution in [0.2, 0.25) is 0 Å². The highest BCUT2D eigenvalue weighted by atomic mass is 16.5. The van der Waals surface area contributed by atoms with Crippen molar-refractivity contribution in [3.8, 4) is 5.75 Å². The Balaban J connectivity index is 2.39. The molecule has 3 nitrogen and oxygen atoms in total. The smallest absolute Gasteiger partial charge is 0.219 e. The van der Waals surface area contributed by atoms with Crippen LogP contribution in [0.25, 0.3) is 0 Å². The highest BCUT2D eigenvalue weighted by Crippen LogP contribution is 2.17. The minimum atomic E-state index is 0.123. The Labute approximate surface area is 96.8 Å². The van der Waals surface area contributed by atoms with Gasteiger partial charge < -0.3 is 10.1 Å². The van der Waals surface area contributed by atoms with Crippen LogP contribution in [0, 0.1) is 0 Å². The monoisotopic (exact) mass is 221 g/mol. The van der Waals surface area contributed by atoms with Crippen LogP contribution >= 0.6 is 0 Å². The van der Waals surface area contributed by atoms with Gasteiger partial charge in [-0.25, -0.2) is 0 Å². The molecule has 0 heterocycles. The number of amides is 1. The largest absolute Gasteiger partial charge is 0.496 e. The molecule has 88 valence electrons. The van der Waals surface area contributed by atoms with Gasteiger partial charge >= 0.3 is 0 Å². The Morgan fingerprint density at radius 1 is 1.38 bits per heavy atom. The van der Waals surface area contributed by atoms with Gasteiger partial charge in [-0.2, -0.15) is 0 Å². The predicted molar refractivity (Wildman–Crippen MR) is 64.6 cm³/mol. The van der Waals surface area contributed by atoms with Gasteiger partial charge in [0.2, 0.25) is 5.91 Å². The maximum atomic E-state index is 11.2. The van der Waals surface area contributed by atoms with Gasteiger partial charge in [0.15, 0.2) is 0 Å². The molecule has 0 bridgehead atoms. The molecule has 0 saturated heterocycles. The SMILES string of the molecule is CCCC(=O)NCCc1ccccc1OC. The Kier molecular flexibility index (Phi) is 5.40. The van der Waals surface area contributed by atoms with Crippen LogP contribution < -0.4 is 10.1 Å². The van der Waals surface area contributed by atoms with Crippen LogP contribution in [0.3, 0.4) is 0 Å². The van der Waals surface area contributed by atoms with Gasteiger partial charge in [0.25, 0.3) is 0 Å². The average molecular weight is 221 g/mol. The highest BCUT2D eigenvalue weighted by Gasteiger charge is 2.02. The summed E-state index contributed by atoms with van der Waals surface area (Å²) in [5, 5.41) is 2.89. The standard InChI is InChI=1S/C13H19NO2/c1-3-6-13(15)14-10-9-11-7-4-5-8-12(11)16-2/h4-5,7-8H,3,6,9-10H2,1-2H3,(H,14,15). The van der Waals surface area contributed by atoms with Crippen molar-refractivity contribution in [2.75, 3.05) is 13.7 Å². The van der Waals surface area contributed by atoms with E-state index in [1.165, 1.54) is 0 Å². The van der Waals surface area contributed by atoms with E-state index in [1.54, 1.807) is 7.11 Å². The number of hydrogen-bond acceptors (Lipinski definition) is 2. The van der Waals surface area contributed by atoms with Gasteiger partial charge in [-0.3, -0.25) is 4.79 Å². The van der Waals surface area contributed by atoms with E-state index in [4.69, 9.17) is 4.74 Å². The van der Waals surface area contributed by atoms with Crippen molar-refractivity contribution in [3.63, 3.8) is 0 Å². The second kappa shape index (κ2) is 6.88. The van der Waals surface area contributed by atoms with E-state index in [0.29, 0.717) is 13.0 Å². The van der Waals surface area contributed by atoms with Crippen molar-refractivity contribution in [3.05, 3.63) is 29.8 Å². The fourth-order valence-electron chi connectivity index (χ4n) is 1.56. The normalized spacial score (nSPS) is 9.88. The summed E-state index contributed by atoms with van der Waals surface area (Å²) in [6.07, 6.45) is 2.30. The van der Waals surface area contributed by atoms with Crippen molar-refractivity contribution in [1.82, 2.24) is 5.32 Å². The van der Waals surface area contributed by atoms with E-state index in [9.17, 15) is 4.79 Å². The molecule has 0 aliphatic rings. The van der Waals surface area contributed by atoms with Crippen LogP contribution in [-0.2, 0) is 11.2 Å². The van der Waals surface area contributed by atoms with Crippen LogP contribution in [0.5, 0.6) is 5.75 Å². The molecule has 1 amide bonds. The number of nitrogens with one attached hydrogen (secondary N) is 1. The molecule has 1 N–H and O–H groups in total. The molecule has 0 fully saturated rings. The first kappa shape index (κ1) is 12.6. The summed E-state index contributed by atoms with van der Waals surface area (Å²) < 4.78 is 5.24. The Bertz CT molecular complexity index is 336. The molecule has 1 aromatic rings. The lowest BCUT2D eigenvalue weighted by Crippen LogP contribution is -2.25. The lowest BCUT2D eigenvalue weighted by Gasteiger charge is -2.08. The average Bonchev–Trinajstić information content (AvgIpc) is 2.30. The van der Waals surface area contributed by atoms with Crippen LogP contribution in [0.15, 0.2) is 24.3 Å². The third-order valence-electron chi connectivity index (χ3n) is 2.39. The Morgan fingerprint density at radius 2 is 2.12 bits per heavy atom. The molecular formula is C13H19NO2. The van der Waals surface area contributed by atoms with Crippen LogP contribution in [0.1, 0.15) is 25.3 Å². The number of carbonyl (C=O) groups is 1. The van der Waals surface area contributed by atoms with Crippen molar-refractivity contribution in [2.45, 2.75) is 26.2 Å². The highest BCUT2D eigenvalue weighted by molar-refractivity contribution is 5.75. The summed E-state index contributed by atoms with van der Waals surface area (Å²) in [5.41, 5.74) is 1.13. The van der Waals surface area contributed by atoms with E-state index in [2.05, 4.69) is 5.32 Å². The predicted octanol–water partition coefficient (Wildman–Crippen LogP) is 2.15. The van der Waals surface area contributed by atoms with E-state index in [0.717, 1.165) is 24.2 Å². The molecule has 1 rings (SSSR count). The number of ether oxygens (including phenoxy) is 1. The molecule has 0 spiro atoms. The topological polar surface area (TPSA) is 38.3 Å². The minimum absolute atomic E-state index is 0.123. The number of para-hydroxylation sites is 1. The lowest BCUT2D eigenvalue weighted by atomic mass is 10.1. The van der Waals surface area contributed by atoms with Crippen LogP contribution in [0.4, 0.5) is 0 Å². The molecular weight excluding hydrogens is 202 g/mol. The summed E-state index contributed by atoms with van der Waals surface area (Å²) in [6, 6.07) is 7.87. The summed E-state index contributed by atoms with van der Waals surface area (Å²) in [4.78, 5) is 11.2. The van der Waals surface area contributed by atoms with Crippen molar-refractivity contribution in [1.29, 1.82) is 0 Å². The second-order valence-corrected chi connectivity index (χ2v) is 3.66. The molecule has 1 aromatic carbocycles. The maximum absolute atomic E-state index is 11.2. The number of benzene rings is 1. The summed E-state index contributed by atoms with van der Waals surface area (Å²) in [7, 11) is 1.66. The molecule has 16 heavy (non-hydrogen) atoms. The summed E-state index contributed by atoms with van der Waals surface area (Å²) in [5.74, 6) is 1.00. The van der Waals surface area contributed by atoms with Crippen molar-refractivity contribution < 1.29 is 9.53 Å². The van der Waals surface area contributed by atoms with Crippen molar-refractivity contribution in [2.24, 2.45) is 0 Å². The van der Waals surface area contributed by atoms with E-state index >= 15 is 0 Å². The molecule has 0 aromatic heterocycles. The molecule has 0 aliphatic carbocycles. The fourth-order valence-corrected chi connectivity index (χ4v) is 1.56. The number of rotatable bonds is 6. The second-order valence-electron chi connectivity index (χ2n) is 3.66. The van der Waals surface area contributed by atoms with Gasteiger partial charge in [0.05, 0.1) is 7.11 Å². The van der Waals surface area contributed by atoms with E-state index in [1.807, 2.05) is 31.2 Å². The zero-order valence-corrected chi connectivity index (χ0v) is 9.95. The van der Waals surface area contributed by atoms with Gasteiger partial charge in [-0.15, -0.1) is 0 Å². The zero-order valence-electron chi connectivity index (χ0n) is 9.95. The zero-order chi connectivity index (χ0) is 11.8. The lowest BCUT2D eigenvalue weighted by molar-refractivity contribution is -0.121. The molecule has 0 atom stereocenters. The molecule has 0 aliphatic heterocycles. The molecule has 0 radical (unpaired) electrons. The maximum Gasteiger partial charge on any atom is 0.219 e. The Hall–Kier alpha value is -1.51. The third-order valence-corrected chi connectivity index (χ3v) is 2.39. The van der Waals surface area contributed by atoms with Gasteiger partial charge in [-0.1, -0.05) is 25.1 Å². The van der Waals surface area contributed by atoms with Crippen molar-refractivity contribution >= 4 is 5.91 Å². The number of hydrogen-bond donors (Lipinski definition) is 1. The van der Waals surface area contributed by atoms with E-state index in [-0.39, 0.29) is 5.91 Å². The van der Waals surface area contributed by atoms with Gasteiger partial charge in [-0.05, 0) is 24.5 Å². The first-order valence-corrected chi connectivity index (χ1v) is 5.66. The van der Waals surface area contributed by atoms with E-state index < -0.39 is 0 Å². The summed E-state index contributed by atoms with van der Waals surface area (Å²) >= 11 is 0. The third kappa shape index (κ3) is 3.93. The first-order chi connectivity index (χ1) is 7.77. The van der Waals surface area contributed by atoms with Gasteiger partial charge in [0.1, 0.15) is 5.75 Å². The number of carbonyl (C=O) groups excluding carboxylic acids is 1. The van der Waals surface area contributed by atoms with Gasteiger partial charge in [0, 0.05) is 13.0 Å². The fraction of sp³-hybridized carbons (Fsp3) is 0.462. The summed E-state index contributed by atoms with van der Waals surface area (Å²) in [6.45, 7) is 2.67. The quantitative estimate of drug-likeness (QED) is 0.799. The van der Waals surface area contributed by atoms with Crippen LogP contribution in [-0.4, -0.2) is 19.6 Å².